The molecule has 1 aliphatic rings. The second-order valence-corrected chi connectivity index (χ2v) is 5.34. The van der Waals surface area contributed by atoms with E-state index < -0.39 is 0 Å². The molecule has 0 amide bonds. The van der Waals surface area contributed by atoms with Crippen LogP contribution >= 0.6 is 0 Å². The summed E-state index contributed by atoms with van der Waals surface area (Å²) >= 11 is 0. The van der Waals surface area contributed by atoms with Gasteiger partial charge in [-0.15, -0.1) is 0 Å². The van der Waals surface area contributed by atoms with Crippen LogP contribution in [0.1, 0.15) is 27.2 Å². The molecule has 0 aromatic carbocycles. The fourth-order valence-electron chi connectivity index (χ4n) is 1.71. The Kier molecular flexibility index (Phi) is 3.93. The number of rotatable bonds is 4. The molecule has 0 radical (unpaired) electrons. The van der Waals surface area contributed by atoms with Gasteiger partial charge in [-0.2, -0.15) is 0 Å². The van der Waals surface area contributed by atoms with Crippen LogP contribution in [0.3, 0.4) is 0 Å². The van der Waals surface area contributed by atoms with Crippen molar-refractivity contribution in [3.8, 4) is 0 Å². The van der Waals surface area contributed by atoms with Gasteiger partial charge < -0.3 is 14.8 Å². The van der Waals surface area contributed by atoms with Crippen molar-refractivity contribution in [3.05, 3.63) is 0 Å². The van der Waals surface area contributed by atoms with Crippen LogP contribution < -0.4 is 5.32 Å². The van der Waals surface area contributed by atoms with Gasteiger partial charge in [0.05, 0.1) is 13.2 Å². The Labute approximate surface area is 87.2 Å². The van der Waals surface area contributed by atoms with Gasteiger partial charge in [0.2, 0.25) is 0 Å². The first-order valence-electron chi connectivity index (χ1n) is 5.29. The summed E-state index contributed by atoms with van der Waals surface area (Å²) < 4.78 is 10.7. The number of methoxy groups -OCH3 is 1. The van der Waals surface area contributed by atoms with Gasteiger partial charge in [0.25, 0.3) is 0 Å². The van der Waals surface area contributed by atoms with E-state index in [1.165, 1.54) is 0 Å². The highest BCUT2D eigenvalue weighted by Crippen LogP contribution is 2.28. The third-order valence-corrected chi connectivity index (χ3v) is 2.63. The number of ether oxygens (including phenoxy) is 2. The molecule has 1 atom stereocenters. The van der Waals surface area contributed by atoms with E-state index in [1.807, 2.05) is 0 Å². The lowest BCUT2D eigenvalue weighted by molar-refractivity contribution is 0.0583. The Hall–Kier alpha value is -0.120. The average Bonchev–Trinajstić information content (AvgIpc) is 2.50. The van der Waals surface area contributed by atoms with Crippen LogP contribution in [0.4, 0.5) is 0 Å². The number of hydrogen-bond acceptors (Lipinski definition) is 3. The van der Waals surface area contributed by atoms with E-state index in [2.05, 4.69) is 26.1 Å². The minimum Gasteiger partial charge on any atom is -0.384 e. The molecule has 0 aromatic rings. The fourth-order valence-corrected chi connectivity index (χ4v) is 1.71. The van der Waals surface area contributed by atoms with Crippen LogP contribution in [0, 0.1) is 5.41 Å². The first-order chi connectivity index (χ1) is 6.47. The fraction of sp³-hybridized carbons (Fsp3) is 1.00. The molecule has 0 spiro atoms. The van der Waals surface area contributed by atoms with Crippen LogP contribution in [0.2, 0.25) is 0 Å². The minimum atomic E-state index is 0.170. The zero-order valence-corrected chi connectivity index (χ0v) is 9.85. The summed E-state index contributed by atoms with van der Waals surface area (Å²) in [4.78, 5) is 0. The molecule has 0 aromatic heterocycles. The Morgan fingerprint density at radius 2 is 2.14 bits per heavy atom. The predicted octanol–water partition coefficient (Wildman–Crippen LogP) is 1.43. The van der Waals surface area contributed by atoms with Crippen LogP contribution in [0.25, 0.3) is 0 Å². The Morgan fingerprint density at radius 1 is 1.43 bits per heavy atom. The number of nitrogens with one attached hydrogen (secondary N) is 1. The molecule has 1 heterocycles. The molecule has 0 aliphatic carbocycles. The summed E-state index contributed by atoms with van der Waals surface area (Å²) in [6.45, 7) is 10.0. The maximum atomic E-state index is 5.46. The van der Waals surface area contributed by atoms with E-state index in [9.17, 15) is 0 Å². The molecule has 0 saturated carbocycles. The van der Waals surface area contributed by atoms with E-state index in [0.29, 0.717) is 0 Å². The van der Waals surface area contributed by atoms with Gasteiger partial charge in [0, 0.05) is 31.2 Å². The maximum absolute atomic E-state index is 5.46. The van der Waals surface area contributed by atoms with Crippen molar-refractivity contribution < 1.29 is 9.47 Å². The zero-order valence-electron chi connectivity index (χ0n) is 9.85. The SMILES string of the molecule is COCC1(CNC(C)(C)C)CCOC1. The standard InChI is InChI=1S/C11H23NO2/c1-10(2,3)12-7-11(8-13-4)5-6-14-9-11/h12H,5-9H2,1-4H3. The molecule has 1 rings (SSSR count). The molecule has 1 saturated heterocycles. The molecular weight excluding hydrogens is 178 g/mol. The lowest BCUT2D eigenvalue weighted by Crippen LogP contribution is -2.46. The van der Waals surface area contributed by atoms with E-state index >= 15 is 0 Å². The molecule has 0 bridgehead atoms. The highest BCUT2D eigenvalue weighted by molar-refractivity contribution is 4.87. The molecule has 3 nitrogen and oxygen atoms in total. The molecule has 3 heteroatoms. The van der Waals surface area contributed by atoms with Gasteiger partial charge in [-0.3, -0.25) is 0 Å². The largest absolute Gasteiger partial charge is 0.384 e. The van der Waals surface area contributed by atoms with E-state index in [4.69, 9.17) is 9.47 Å². The molecule has 1 aliphatic heterocycles. The molecule has 1 unspecified atom stereocenters. The lowest BCUT2D eigenvalue weighted by atomic mass is 9.87. The second kappa shape index (κ2) is 4.60. The van der Waals surface area contributed by atoms with E-state index in [-0.39, 0.29) is 11.0 Å². The highest BCUT2D eigenvalue weighted by atomic mass is 16.5. The predicted molar refractivity (Wildman–Crippen MR) is 57.5 cm³/mol. The monoisotopic (exact) mass is 201 g/mol. The van der Waals surface area contributed by atoms with Crippen molar-refractivity contribution in [1.29, 1.82) is 0 Å². The highest BCUT2D eigenvalue weighted by Gasteiger charge is 2.35. The molecule has 84 valence electrons. The van der Waals surface area contributed by atoms with Gasteiger partial charge in [-0.05, 0) is 27.2 Å². The van der Waals surface area contributed by atoms with Crippen molar-refractivity contribution in [1.82, 2.24) is 5.32 Å². The Bertz CT molecular complexity index is 169. The average molecular weight is 201 g/mol. The summed E-state index contributed by atoms with van der Waals surface area (Å²) in [5.74, 6) is 0. The van der Waals surface area contributed by atoms with Crippen LogP contribution in [-0.2, 0) is 9.47 Å². The van der Waals surface area contributed by atoms with Gasteiger partial charge in [-0.1, -0.05) is 0 Å². The molecule has 1 N–H and O–H groups in total. The zero-order chi connectivity index (χ0) is 10.7. The third kappa shape index (κ3) is 3.56. The quantitative estimate of drug-likeness (QED) is 0.746. The smallest absolute Gasteiger partial charge is 0.0557 e. The van der Waals surface area contributed by atoms with Gasteiger partial charge in [-0.25, -0.2) is 0 Å². The van der Waals surface area contributed by atoms with E-state index in [0.717, 1.165) is 32.8 Å². The van der Waals surface area contributed by atoms with E-state index in [1.54, 1.807) is 7.11 Å². The topological polar surface area (TPSA) is 30.5 Å². The van der Waals surface area contributed by atoms with Gasteiger partial charge in [0.15, 0.2) is 0 Å². The maximum Gasteiger partial charge on any atom is 0.0557 e. The number of hydrogen-bond donors (Lipinski definition) is 1. The minimum absolute atomic E-state index is 0.170. The van der Waals surface area contributed by atoms with Gasteiger partial charge in [0.1, 0.15) is 0 Å². The Balaban J connectivity index is 2.43. The van der Waals surface area contributed by atoms with Gasteiger partial charge >= 0.3 is 0 Å². The molecular formula is C11H23NO2. The van der Waals surface area contributed by atoms with Crippen molar-refractivity contribution in [2.75, 3.05) is 33.5 Å². The summed E-state index contributed by atoms with van der Waals surface area (Å²) in [5.41, 5.74) is 0.366. The molecule has 1 fully saturated rings. The summed E-state index contributed by atoms with van der Waals surface area (Å²) in [5, 5.41) is 3.53. The molecule has 14 heavy (non-hydrogen) atoms. The summed E-state index contributed by atoms with van der Waals surface area (Å²) in [6, 6.07) is 0. The van der Waals surface area contributed by atoms with Crippen molar-refractivity contribution in [2.45, 2.75) is 32.7 Å². The van der Waals surface area contributed by atoms with Crippen molar-refractivity contribution in [2.24, 2.45) is 5.41 Å². The summed E-state index contributed by atoms with van der Waals surface area (Å²) in [6.07, 6.45) is 1.10. The third-order valence-electron chi connectivity index (χ3n) is 2.63. The van der Waals surface area contributed by atoms with Crippen LogP contribution in [0.5, 0.6) is 0 Å². The van der Waals surface area contributed by atoms with Crippen molar-refractivity contribution in [3.63, 3.8) is 0 Å². The second-order valence-electron chi connectivity index (χ2n) is 5.34. The normalized spacial score (nSPS) is 28.3. The summed E-state index contributed by atoms with van der Waals surface area (Å²) in [7, 11) is 1.76. The first-order valence-corrected chi connectivity index (χ1v) is 5.29. The van der Waals surface area contributed by atoms with Crippen LogP contribution in [-0.4, -0.2) is 39.0 Å². The van der Waals surface area contributed by atoms with Crippen molar-refractivity contribution >= 4 is 0 Å². The first kappa shape index (κ1) is 12.0. The Morgan fingerprint density at radius 3 is 2.57 bits per heavy atom. The van der Waals surface area contributed by atoms with Crippen LogP contribution in [0.15, 0.2) is 0 Å². The lowest BCUT2D eigenvalue weighted by Gasteiger charge is -2.31.